The maximum atomic E-state index is 12.1. The molecule has 1 aliphatic carbocycles. The van der Waals surface area contributed by atoms with Gasteiger partial charge >= 0.3 is 5.97 Å². The summed E-state index contributed by atoms with van der Waals surface area (Å²) in [6.45, 7) is 0.634. The van der Waals surface area contributed by atoms with Gasteiger partial charge in [-0.15, -0.1) is 0 Å². The normalized spacial score (nSPS) is 14.2. The first-order valence-electron chi connectivity index (χ1n) is 6.66. The highest BCUT2D eigenvalue weighted by Gasteiger charge is 2.30. The lowest BCUT2D eigenvalue weighted by molar-refractivity contribution is -0.137. The average molecular weight is 420 g/mol. The zero-order valence-corrected chi connectivity index (χ0v) is 14.5. The number of carbonyl (C=O) groups excluding carboxylic acids is 1. The molecule has 0 saturated heterocycles. The van der Waals surface area contributed by atoms with E-state index in [2.05, 4.69) is 37.2 Å². The summed E-state index contributed by atoms with van der Waals surface area (Å²) in [5.41, 5.74) is 0.706. The van der Waals surface area contributed by atoms with Crippen molar-refractivity contribution in [3.8, 4) is 0 Å². The molecule has 1 aromatic carbocycles. The number of rotatable bonds is 7. The molecule has 0 aliphatic heterocycles. The molecule has 7 heteroatoms. The van der Waals surface area contributed by atoms with Crippen LogP contribution in [0.3, 0.4) is 0 Å². The number of hydrogen-bond acceptors (Lipinski definition) is 3. The SMILES string of the molecule is O=C(O)CCN(CC(=O)Nc1ccc(Br)cc1Br)C1CC1. The van der Waals surface area contributed by atoms with Gasteiger partial charge in [0.2, 0.25) is 5.91 Å². The molecule has 1 fully saturated rings. The van der Waals surface area contributed by atoms with Crippen molar-refractivity contribution < 1.29 is 14.7 Å². The van der Waals surface area contributed by atoms with Gasteiger partial charge in [0.05, 0.1) is 18.7 Å². The third-order valence-corrected chi connectivity index (χ3v) is 4.38. The van der Waals surface area contributed by atoms with Crippen LogP contribution in [-0.4, -0.2) is 41.0 Å². The Morgan fingerprint density at radius 2 is 2.05 bits per heavy atom. The summed E-state index contributed by atoms with van der Waals surface area (Å²) >= 11 is 6.75. The summed E-state index contributed by atoms with van der Waals surface area (Å²) in [6.07, 6.45) is 2.13. The third kappa shape index (κ3) is 5.41. The van der Waals surface area contributed by atoms with Crippen molar-refractivity contribution in [3.63, 3.8) is 0 Å². The van der Waals surface area contributed by atoms with Crippen molar-refractivity contribution >= 4 is 49.4 Å². The number of carboxylic acid groups (broad SMARTS) is 1. The van der Waals surface area contributed by atoms with Crippen LogP contribution < -0.4 is 5.32 Å². The Labute approximate surface area is 140 Å². The number of aliphatic carboxylic acids is 1. The highest BCUT2D eigenvalue weighted by Crippen LogP contribution is 2.28. The number of hydrogen-bond donors (Lipinski definition) is 2. The molecule has 0 atom stereocenters. The fourth-order valence-electron chi connectivity index (χ4n) is 2.03. The molecular formula is C14H16Br2N2O3. The zero-order chi connectivity index (χ0) is 15.4. The minimum atomic E-state index is -0.836. The Bertz CT molecular complexity index is 547. The summed E-state index contributed by atoms with van der Waals surface area (Å²) < 4.78 is 1.72. The third-order valence-electron chi connectivity index (χ3n) is 3.23. The van der Waals surface area contributed by atoms with Gasteiger partial charge in [-0.2, -0.15) is 0 Å². The Hall–Kier alpha value is -0.920. The lowest BCUT2D eigenvalue weighted by atomic mass is 10.3. The molecule has 2 rings (SSSR count). The van der Waals surface area contributed by atoms with Gasteiger partial charge in [-0.1, -0.05) is 15.9 Å². The van der Waals surface area contributed by atoms with Crippen LogP contribution in [0.15, 0.2) is 27.1 Å². The number of amides is 1. The standard InChI is InChI=1S/C14H16Br2N2O3/c15-9-1-4-12(11(16)7-9)17-13(19)8-18(10-2-3-10)6-5-14(20)21/h1,4,7,10H,2-3,5-6,8H2,(H,17,19)(H,20,21). The van der Waals surface area contributed by atoms with Crippen LogP contribution in [-0.2, 0) is 9.59 Å². The van der Waals surface area contributed by atoms with Gasteiger partial charge in [-0.25, -0.2) is 0 Å². The topological polar surface area (TPSA) is 69.6 Å². The molecule has 1 saturated carbocycles. The monoisotopic (exact) mass is 418 g/mol. The van der Waals surface area contributed by atoms with Gasteiger partial charge < -0.3 is 10.4 Å². The second kappa shape index (κ2) is 7.38. The van der Waals surface area contributed by atoms with E-state index in [1.807, 2.05) is 23.1 Å². The first-order chi connectivity index (χ1) is 9.95. The largest absolute Gasteiger partial charge is 0.481 e. The van der Waals surface area contributed by atoms with Crippen molar-refractivity contribution in [1.82, 2.24) is 4.90 Å². The van der Waals surface area contributed by atoms with Crippen LogP contribution in [0, 0.1) is 0 Å². The van der Waals surface area contributed by atoms with Crippen LogP contribution >= 0.6 is 31.9 Å². The van der Waals surface area contributed by atoms with Gasteiger partial charge in [-0.3, -0.25) is 14.5 Å². The minimum Gasteiger partial charge on any atom is -0.481 e. The Morgan fingerprint density at radius 1 is 1.33 bits per heavy atom. The number of carboxylic acids is 1. The molecule has 114 valence electrons. The number of nitrogens with one attached hydrogen (secondary N) is 1. The van der Waals surface area contributed by atoms with Gasteiger partial charge in [0.25, 0.3) is 0 Å². The van der Waals surface area contributed by atoms with E-state index in [0.29, 0.717) is 18.3 Å². The molecule has 5 nitrogen and oxygen atoms in total. The fourth-order valence-corrected chi connectivity index (χ4v) is 3.18. The maximum absolute atomic E-state index is 12.1. The summed E-state index contributed by atoms with van der Waals surface area (Å²) in [6, 6.07) is 5.87. The van der Waals surface area contributed by atoms with E-state index >= 15 is 0 Å². The van der Waals surface area contributed by atoms with Crippen LogP contribution in [0.5, 0.6) is 0 Å². The molecule has 1 aromatic rings. The maximum Gasteiger partial charge on any atom is 0.304 e. The number of halogens is 2. The summed E-state index contributed by atoms with van der Waals surface area (Å²) in [5, 5.41) is 11.6. The molecule has 1 aliphatic rings. The molecule has 0 radical (unpaired) electrons. The van der Waals surface area contributed by atoms with Crippen molar-refractivity contribution in [2.45, 2.75) is 25.3 Å². The van der Waals surface area contributed by atoms with E-state index in [1.54, 1.807) is 0 Å². The van der Waals surface area contributed by atoms with Crippen LogP contribution in [0.1, 0.15) is 19.3 Å². The van der Waals surface area contributed by atoms with Crippen LogP contribution in [0.25, 0.3) is 0 Å². The summed E-state index contributed by atoms with van der Waals surface area (Å²) in [4.78, 5) is 24.7. The molecule has 0 heterocycles. The molecule has 2 N–H and O–H groups in total. The van der Waals surface area contributed by atoms with Gasteiger partial charge in [0.15, 0.2) is 0 Å². The number of carbonyl (C=O) groups is 2. The van der Waals surface area contributed by atoms with E-state index in [1.165, 1.54) is 0 Å². The quantitative estimate of drug-likeness (QED) is 0.712. The smallest absolute Gasteiger partial charge is 0.304 e. The van der Waals surface area contributed by atoms with Crippen molar-refractivity contribution in [2.75, 3.05) is 18.4 Å². The Balaban J connectivity index is 1.91. The lowest BCUT2D eigenvalue weighted by Gasteiger charge is -2.20. The van der Waals surface area contributed by atoms with E-state index in [0.717, 1.165) is 21.8 Å². The van der Waals surface area contributed by atoms with Gasteiger partial charge in [-0.05, 0) is 47.0 Å². The van der Waals surface area contributed by atoms with Crippen LogP contribution in [0.4, 0.5) is 5.69 Å². The highest BCUT2D eigenvalue weighted by molar-refractivity contribution is 9.11. The molecule has 21 heavy (non-hydrogen) atoms. The lowest BCUT2D eigenvalue weighted by Crippen LogP contribution is -2.36. The van der Waals surface area contributed by atoms with Crippen molar-refractivity contribution in [1.29, 1.82) is 0 Å². The predicted molar refractivity (Wildman–Crippen MR) is 87.3 cm³/mol. The van der Waals surface area contributed by atoms with E-state index in [9.17, 15) is 9.59 Å². The Kier molecular flexibility index (Phi) is 5.78. The number of nitrogens with zero attached hydrogens (tertiary/aromatic N) is 1. The van der Waals surface area contributed by atoms with E-state index in [4.69, 9.17) is 5.11 Å². The second-order valence-corrected chi connectivity index (χ2v) is 6.79. The predicted octanol–water partition coefficient (Wildman–Crippen LogP) is 3.09. The molecule has 1 amide bonds. The first-order valence-corrected chi connectivity index (χ1v) is 8.25. The first kappa shape index (κ1) is 16.5. The van der Waals surface area contributed by atoms with Crippen molar-refractivity contribution in [3.05, 3.63) is 27.1 Å². The fraction of sp³-hybridized carbons (Fsp3) is 0.429. The molecule has 0 aromatic heterocycles. The number of benzene rings is 1. The number of anilines is 1. The van der Waals surface area contributed by atoms with Crippen LogP contribution in [0.2, 0.25) is 0 Å². The zero-order valence-electron chi connectivity index (χ0n) is 11.3. The van der Waals surface area contributed by atoms with Crippen molar-refractivity contribution in [2.24, 2.45) is 0 Å². The minimum absolute atomic E-state index is 0.0613. The summed E-state index contributed by atoms with van der Waals surface area (Å²) in [5.74, 6) is -0.966. The van der Waals surface area contributed by atoms with Gasteiger partial charge in [0, 0.05) is 21.5 Å². The average Bonchev–Trinajstić information content (AvgIpc) is 3.22. The molecule has 0 unspecified atom stereocenters. The van der Waals surface area contributed by atoms with E-state index < -0.39 is 5.97 Å². The molecule has 0 spiro atoms. The Morgan fingerprint density at radius 3 is 2.62 bits per heavy atom. The second-order valence-electron chi connectivity index (χ2n) is 5.02. The highest BCUT2D eigenvalue weighted by atomic mass is 79.9. The summed E-state index contributed by atoms with van der Waals surface area (Å²) in [7, 11) is 0. The molecule has 0 bridgehead atoms. The van der Waals surface area contributed by atoms with E-state index in [-0.39, 0.29) is 18.9 Å². The van der Waals surface area contributed by atoms with Gasteiger partial charge in [0.1, 0.15) is 0 Å². The molecular weight excluding hydrogens is 404 g/mol.